The Morgan fingerprint density at radius 2 is 1.91 bits per heavy atom. The van der Waals surface area contributed by atoms with Crippen LogP contribution in [0, 0.1) is 0 Å². The number of hydrogen-bond acceptors (Lipinski definition) is 3. The van der Waals surface area contributed by atoms with Crippen LogP contribution < -0.4 is 9.64 Å². The zero-order valence-electron chi connectivity index (χ0n) is 12.0. The Labute approximate surface area is 136 Å². The van der Waals surface area contributed by atoms with Gasteiger partial charge in [0.2, 0.25) is 0 Å². The number of Topliss-reactive ketones (excluding diaryl/α,β-unsaturated/α-hetero) is 1. The number of fused-ring (bicyclic) bond motifs is 1. The Morgan fingerprint density at radius 1 is 1.18 bits per heavy atom. The lowest BCUT2D eigenvalue weighted by molar-refractivity contribution is 0.0954. The highest BCUT2D eigenvalue weighted by atomic mass is 79.9. The van der Waals surface area contributed by atoms with E-state index in [1.54, 1.807) is 35.2 Å². The number of amides is 1. The number of halogens is 1. The molecule has 3 rings (SSSR count). The molecule has 2 aromatic carbocycles. The molecule has 22 heavy (non-hydrogen) atoms. The van der Waals surface area contributed by atoms with Gasteiger partial charge in [-0.25, -0.2) is 0 Å². The van der Waals surface area contributed by atoms with E-state index in [2.05, 4.69) is 15.9 Å². The molecule has 0 aromatic heterocycles. The Hall–Kier alpha value is -2.14. The summed E-state index contributed by atoms with van der Waals surface area (Å²) in [6.07, 6.45) is 0.322. The lowest BCUT2D eigenvalue weighted by atomic mass is 9.98. The third kappa shape index (κ3) is 2.52. The van der Waals surface area contributed by atoms with Crippen LogP contribution in [0.4, 0.5) is 5.69 Å². The molecule has 0 N–H and O–H groups in total. The van der Waals surface area contributed by atoms with Crippen LogP contribution in [-0.4, -0.2) is 25.3 Å². The van der Waals surface area contributed by atoms with E-state index in [4.69, 9.17) is 4.74 Å². The quantitative estimate of drug-likeness (QED) is 0.821. The minimum atomic E-state index is -0.134. The van der Waals surface area contributed by atoms with E-state index in [9.17, 15) is 9.59 Å². The average molecular weight is 360 g/mol. The molecule has 0 radical (unpaired) electrons. The second-order valence-electron chi connectivity index (χ2n) is 4.99. The van der Waals surface area contributed by atoms with Crippen LogP contribution >= 0.6 is 15.9 Å². The van der Waals surface area contributed by atoms with Crippen molar-refractivity contribution in [2.45, 2.75) is 6.42 Å². The summed E-state index contributed by atoms with van der Waals surface area (Å²) in [7, 11) is 1.54. The number of hydrogen-bond donors (Lipinski definition) is 0. The Kier molecular flexibility index (Phi) is 3.98. The highest BCUT2D eigenvalue weighted by Gasteiger charge is 2.30. The first kappa shape index (κ1) is 14.8. The van der Waals surface area contributed by atoms with Crippen molar-refractivity contribution in [2.24, 2.45) is 0 Å². The van der Waals surface area contributed by atoms with Crippen molar-refractivity contribution >= 4 is 33.3 Å². The third-order valence-electron chi connectivity index (χ3n) is 3.69. The van der Waals surface area contributed by atoms with Crippen molar-refractivity contribution in [3.05, 3.63) is 58.1 Å². The third-order valence-corrected chi connectivity index (χ3v) is 4.22. The maximum absolute atomic E-state index is 12.8. The molecular formula is C17H14BrNO3. The molecule has 0 aliphatic carbocycles. The van der Waals surface area contributed by atoms with Gasteiger partial charge in [0.15, 0.2) is 5.78 Å². The van der Waals surface area contributed by atoms with Gasteiger partial charge >= 0.3 is 0 Å². The van der Waals surface area contributed by atoms with Crippen LogP contribution in [0.5, 0.6) is 5.75 Å². The summed E-state index contributed by atoms with van der Waals surface area (Å²) in [6, 6.07) is 12.4. The minimum Gasteiger partial charge on any atom is -0.495 e. The lowest BCUT2D eigenvalue weighted by Gasteiger charge is -2.30. The van der Waals surface area contributed by atoms with Crippen molar-refractivity contribution in [3.8, 4) is 5.75 Å². The van der Waals surface area contributed by atoms with Crippen molar-refractivity contribution < 1.29 is 14.3 Å². The standard InChI is InChI=1S/C17H14BrNO3/c1-22-15-4-2-3-13-14(20)9-10-19(16(13)15)17(21)11-5-7-12(18)8-6-11/h2-8H,9-10H2,1H3. The van der Waals surface area contributed by atoms with Gasteiger partial charge in [0.25, 0.3) is 5.91 Å². The summed E-state index contributed by atoms with van der Waals surface area (Å²) in [6.45, 7) is 0.362. The molecule has 0 spiro atoms. The number of rotatable bonds is 2. The van der Waals surface area contributed by atoms with E-state index >= 15 is 0 Å². The van der Waals surface area contributed by atoms with Crippen molar-refractivity contribution in [1.82, 2.24) is 0 Å². The van der Waals surface area contributed by atoms with Crippen LogP contribution in [0.25, 0.3) is 0 Å². The number of carbonyl (C=O) groups excluding carboxylic acids is 2. The van der Waals surface area contributed by atoms with Crippen LogP contribution in [0.2, 0.25) is 0 Å². The van der Waals surface area contributed by atoms with Gasteiger partial charge in [-0.3, -0.25) is 9.59 Å². The zero-order chi connectivity index (χ0) is 15.7. The molecular weight excluding hydrogens is 346 g/mol. The molecule has 112 valence electrons. The Morgan fingerprint density at radius 3 is 2.59 bits per heavy atom. The van der Waals surface area contributed by atoms with E-state index in [1.807, 2.05) is 12.1 Å². The molecule has 0 saturated heterocycles. The van der Waals surface area contributed by atoms with Gasteiger partial charge in [-0.1, -0.05) is 22.0 Å². The fourth-order valence-corrected chi connectivity index (χ4v) is 2.87. The Bertz CT molecular complexity index is 740. The van der Waals surface area contributed by atoms with Gasteiger partial charge in [-0.05, 0) is 36.4 Å². The molecule has 4 nitrogen and oxygen atoms in total. The number of benzene rings is 2. The summed E-state index contributed by atoms with van der Waals surface area (Å²) in [5, 5.41) is 0. The molecule has 1 amide bonds. The first-order valence-electron chi connectivity index (χ1n) is 6.89. The average Bonchev–Trinajstić information content (AvgIpc) is 2.55. The number of methoxy groups -OCH3 is 1. The van der Waals surface area contributed by atoms with E-state index in [0.717, 1.165) is 4.47 Å². The normalized spacial score (nSPS) is 13.7. The highest BCUT2D eigenvalue weighted by molar-refractivity contribution is 9.10. The van der Waals surface area contributed by atoms with Crippen LogP contribution in [-0.2, 0) is 0 Å². The molecule has 0 saturated carbocycles. The molecule has 0 atom stereocenters. The van der Waals surface area contributed by atoms with E-state index in [-0.39, 0.29) is 11.7 Å². The molecule has 1 aliphatic heterocycles. The topological polar surface area (TPSA) is 46.6 Å². The summed E-state index contributed by atoms with van der Waals surface area (Å²) in [5.41, 5.74) is 1.68. The maximum atomic E-state index is 12.8. The van der Waals surface area contributed by atoms with Crippen LogP contribution in [0.15, 0.2) is 46.9 Å². The van der Waals surface area contributed by atoms with Gasteiger partial charge in [-0.15, -0.1) is 0 Å². The van der Waals surface area contributed by atoms with Crippen molar-refractivity contribution in [2.75, 3.05) is 18.6 Å². The molecule has 1 aliphatic rings. The van der Waals surface area contributed by atoms with Gasteiger partial charge in [-0.2, -0.15) is 0 Å². The van der Waals surface area contributed by atoms with Crippen LogP contribution in [0.1, 0.15) is 27.1 Å². The second kappa shape index (κ2) is 5.93. The van der Waals surface area contributed by atoms with Gasteiger partial charge in [0, 0.05) is 28.6 Å². The molecule has 1 heterocycles. The number of carbonyl (C=O) groups is 2. The van der Waals surface area contributed by atoms with Gasteiger partial charge < -0.3 is 9.64 Å². The minimum absolute atomic E-state index is 0.0359. The first-order valence-corrected chi connectivity index (χ1v) is 7.68. The highest BCUT2D eigenvalue weighted by Crippen LogP contribution is 2.36. The van der Waals surface area contributed by atoms with Crippen molar-refractivity contribution in [3.63, 3.8) is 0 Å². The molecule has 0 fully saturated rings. The number of ether oxygens (including phenoxy) is 1. The number of ketones is 1. The number of para-hydroxylation sites is 1. The fraction of sp³-hybridized carbons (Fsp3) is 0.176. The SMILES string of the molecule is COc1cccc2c1N(C(=O)c1ccc(Br)cc1)CCC2=O. The summed E-state index contributed by atoms with van der Waals surface area (Å²) in [5.74, 6) is 0.440. The van der Waals surface area contributed by atoms with Crippen LogP contribution in [0.3, 0.4) is 0 Å². The smallest absolute Gasteiger partial charge is 0.258 e. The molecule has 2 aromatic rings. The van der Waals surface area contributed by atoms with E-state index in [0.29, 0.717) is 35.5 Å². The molecule has 0 bridgehead atoms. The van der Waals surface area contributed by atoms with Gasteiger partial charge in [0.05, 0.1) is 12.8 Å². The van der Waals surface area contributed by atoms with Gasteiger partial charge in [0.1, 0.15) is 5.75 Å². The van der Waals surface area contributed by atoms with E-state index < -0.39 is 0 Å². The fourth-order valence-electron chi connectivity index (χ4n) is 2.60. The molecule has 0 unspecified atom stereocenters. The summed E-state index contributed by atoms with van der Waals surface area (Å²) < 4.78 is 6.26. The largest absolute Gasteiger partial charge is 0.495 e. The second-order valence-corrected chi connectivity index (χ2v) is 5.91. The monoisotopic (exact) mass is 359 g/mol. The summed E-state index contributed by atoms with van der Waals surface area (Å²) >= 11 is 3.36. The number of nitrogens with zero attached hydrogens (tertiary/aromatic N) is 1. The lowest BCUT2D eigenvalue weighted by Crippen LogP contribution is -2.37. The predicted molar refractivity (Wildman–Crippen MR) is 87.8 cm³/mol. The zero-order valence-corrected chi connectivity index (χ0v) is 13.6. The first-order chi connectivity index (χ1) is 10.6. The van der Waals surface area contributed by atoms with Crippen molar-refractivity contribution in [1.29, 1.82) is 0 Å². The molecule has 5 heteroatoms. The number of anilines is 1. The van der Waals surface area contributed by atoms with E-state index in [1.165, 1.54) is 7.11 Å². The Balaban J connectivity index is 2.06. The summed E-state index contributed by atoms with van der Waals surface area (Å²) in [4.78, 5) is 26.5. The predicted octanol–water partition coefficient (Wildman–Crippen LogP) is 3.69. The maximum Gasteiger partial charge on any atom is 0.258 e.